The van der Waals surface area contributed by atoms with E-state index in [0.717, 1.165) is 18.7 Å². The average molecular weight is 416 g/mol. The molecule has 1 aromatic heterocycles. The summed E-state index contributed by atoms with van der Waals surface area (Å²) in [6.45, 7) is 10.4. The number of hydrogen-bond acceptors (Lipinski definition) is 7. The Bertz CT molecular complexity index is 610. The predicted octanol–water partition coefficient (Wildman–Crippen LogP) is 5.50. The van der Waals surface area contributed by atoms with Crippen LogP contribution in [0.2, 0.25) is 0 Å². The molecule has 0 radical (unpaired) electrons. The van der Waals surface area contributed by atoms with E-state index in [1.54, 1.807) is 0 Å². The molecule has 1 heterocycles. The fourth-order valence-electron chi connectivity index (χ4n) is 3.47. The Morgan fingerprint density at radius 1 is 1.11 bits per heavy atom. The van der Waals surface area contributed by atoms with E-state index in [-0.39, 0.29) is 12.2 Å². The summed E-state index contributed by atoms with van der Waals surface area (Å²) in [6.07, 6.45) is 7.49. The molecular formula is C20H37N2O5P. The van der Waals surface area contributed by atoms with Crippen LogP contribution in [0.4, 0.5) is 0 Å². The second kappa shape index (κ2) is 10.9. The molecule has 0 amide bonds. The smallest absolute Gasteiger partial charge is 0.336 e. The summed E-state index contributed by atoms with van der Waals surface area (Å²) >= 11 is 0. The highest BCUT2D eigenvalue weighted by atomic mass is 31.2. The van der Waals surface area contributed by atoms with Crippen molar-refractivity contribution in [3.63, 3.8) is 0 Å². The third-order valence-corrected chi connectivity index (χ3v) is 7.35. The Hall–Kier alpha value is -0.750. The highest BCUT2D eigenvalue weighted by Gasteiger charge is 2.38. The molecule has 1 aromatic rings. The van der Waals surface area contributed by atoms with Gasteiger partial charge in [-0.1, -0.05) is 30.8 Å². The number of hydrogen-bond donors (Lipinski definition) is 0. The maximum Gasteiger partial charge on any atom is 0.336 e. The van der Waals surface area contributed by atoms with Gasteiger partial charge in [-0.3, -0.25) is 4.57 Å². The topological polar surface area (TPSA) is 83.7 Å². The average Bonchev–Trinajstić information content (AvgIpc) is 2.91. The molecule has 162 valence electrons. The Morgan fingerprint density at radius 2 is 1.71 bits per heavy atom. The van der Waals surface area contributed by atoms with Gasteiger partial charge in [0.25, 0.3) is 0 Å². The van der Waals surface area contributed by atoms with Crippen molar-refractivity contribution in [3.05, 3.63) is 11.7 Å². The summed E-state index contributed by atoms with van der Waals surface area (Å²) in [5.41, 5.74) is -0.851. The zero-order chi connectivity index (χ0) is 20.6. The van der Waals surface area contributed by atoms with Crippen molar-refractivity contribution >= 4 is 7.60 Å². The lowest BCUT2D eigenvalue weighted by molar-refractivity contribution is -0.00645. The van der Waals surface area contributed by atoms with Crippen molar-refractivity contribution in [2.75, 3.05) is 19.8 Å². The third-order valence-electron chi connectivity index (χ3n) is 4.89. The minimum atomic E-state index is -3.36. The van der Waals surface area contributed by atoms with Gasteiger partial charge in [-0.05, 0) is 47.5 Å². The van der Waals surface area contributed by atoms with E-state index in [4.69, 9.17) is 18.3 Å². The molecule has 0 N–H and O–H groups in total. The van der Waals surface area contributed by atoms with Crippen molar-refractivity contribution in [2.45, 2.75) is 96.7 Å². The summed E-state index contributed by atoms with van der Waals surface area (Å²) in [7, 11) is -3.36. The van der Waals surface area contributed by atoms with Crippen LogP contribution >= 0.6 is 7.60 Å². The van der Waals surface area contributed by atoms with Crippen LogP contribution in [0.5, 0.6) is 0 Å². The molecule has 8 heteroatoms. The van der Waals surface area contributed by atoms with Crippen LogP contribution in [0, 0.1) is 0 Å². The van der Waals surface area contributed by atoms with E-state index in [1.165, 1.54) is 25.7 Å². The van der Waals surface area contributed by atoms with Gasteiger partial charge >= 0.3 is 7.60 Å². The minimum absolute atomic E-state index is 0.238. The van der Waals surface area contributed by atoms with Crippen LogP contribution in [0.15, 0.2) is 4.52 Å². The fraction of sp³-hybridized carbons (Fsp3) is 0.900. The van der Waals surface area contributed by atoms with Crippen LogP contribution in [0.1, 0.15) is 90.8 Å². The molecule has 7 nitrogen and oxygen atoms in total. The largest absolute Gasteiger partial charge is 0.375 e. The molecule has 0 bridgehead atoms. The highest BCUT2D eigenvalue weighted by Crippen LogP contribution is 2.54. The predicted molar refractivity (Wildman–Crippen MR) is 109 cm³/mol. The Labute approximate surface area is 169 Å². The van der Waals surface area contributed by atoms with Gasteiger partial charge in [0.15, 0.2) is 5.82 Å². The molecule has 28 heavy (non-hydrogen) atoms. The van der Waals surface area contributed by atoms with Gasteiger partial charge in [0.2, 0.25) is 5.89 Å². The van der Waals surface area contributed by atoms with Crippen LogP contribution in [-0.4, -0.2) is 41.2 Å². The first-order valence-electron chi connectivity index (χ1n) is 10.6. The van der Waals surface area contributed by atoms with Crippen molar-refractivity contribution in [1.29, 1.82) is 0 Å². The number of ether oxygens (including phenoxy) is 1. The molecule has 1 aliphatic rings. The normalized spacial score (nSPS) is 18.2. The molecule has 0 saturated heterocycles. The van der Waals surface area contributed by atoms with Crippen LogP contribution in [0.25, 0.3) is 0 Å². The minimum Gasteiger partial charge on any atom is -0.375 e. The molecule has 1 unspecified atom stereocenters. The monoisotopic (exact) mass is 416 g/mol. The van der Waals surface area contributed by atoms with Gasteiger partial charge < -0.3 is 18.3 Å². The van der Waals surface area contributed by atoms with Crippen molar-refractivity contribution < 1.29 is 22.9 Å². The van der Waals surface area contributed by atoms with Crippen LogP contribution in [0.3, 0.4) is 0 Å². The van der Waals surface area contributed by atoms with Gasteiger partial charge in [-0.2, -0.15) is 4.98 Å². The zero-order valence-electron chi connectivity index (χ0n) is 18.1. The Kier molecular flexibility index (Phi) is 9.13. The van der Waals surface area contributed by atoms with E-state index >= 15 is 0 Å². The van der Waals surface area contributed by atoms with Crippen LogP contribution in [-0.2, 0) is 24.8 Å². The van der Waals surface area contributed by atoms with Crippen molar-refractivity contribution in [1.82, 2.24) is 10.1 Å². The Balaban J connectivity index is 2.15. The van der Waals surface area contributed by atoms with E-state index < -0.39 is 13.3 Å². The van der Waals surface area contributed by atoms with E-state index in [0.29, 0.717) is 31.4 Å². The molecule has 2 rings (SSSR count). The lowest BCUT2D eigenvalue weighted by atomic mass is 10.00. The van der Waals surface area contributed by atoms with Gasteiger partial charge in [0, 0.05) is 12.3 Å². The summed E-state index contributed by atoms with van der Waals surface area (Å²) in [4.78, 5) is 4.63. The summed E-state index contributed by atoms with van der Waals surface area (Å²) in [5, 5.41) is 4.22. The first-order chi connectivity index (χ1) is 13.3. The molecule has 1 atom stereocenters. The summed E-state index contributed by atoms with van der Waals surface area (Å²) in [6, 6.07) is 0. The molecular weight excluding hydrogens is 379 g/mol. The van der Waals surface area contributed by atoms with Gasteiger partial charge in [-0.15, -0.1) is 0 Å². The van der Waals surface area contributed by atoms with Crippen molar-refractivity contribution in [3.8, 4) is 0 Å². The first kappa shape index (κ1) is 23.5. The molecule has 0 aromatic carbocycles. The summed E-state index contributed by atoms with van der Waals surface area (Å²) < 4.78 is 36.0. The van der Waals surface area contributed by atoms with Crippen molar-refractivity contribution in [2.24, 2.45) is 0 Å². The van der Waals surface area contributed by atoms with E-state index in [2.05, 4.69) is 10.1 Å². The molecule has 1 fully saturated rings. The summed E-state index contributed by atoms with van der Waals surface area (Å²) in [5.74, 6) is 1.60. The molecule has 0 spiro atoms. The van der Waals surface area contributed by atoms with E-state index in [9.17, 15) is 4.57 Å². The second-order valence-electron chi connectivity index (χ2n) is 8.39. The number of aromatic nitrogens is 2. The lowest BCUT2D eigenvalue weighted by Crippen LogP contribution is -2.29. The lowest BCUT2D eigenvalue weighted by Gasteiger charge is -2.28. The maximum atomic E-state index is 13.4. The Morgan fingerprint density at radius 3 is 2.25 bits per heavy atom. The van der Waals surface area contributed by atoms with Gasteiger partial charge in [0.05, 0.1) is 31.1 Å². The first-order valence-corrected chi connectivity index (χ1v) is 12.2. The van der Waals surface area contributed by atoms with E-state index in [1.807, 2.05) is 34.6 Å². The molecule has 1 saturated carbocycles. The number of nitrogens with zero attached hydrogens (tertiary/aromatic N) is 2. The molecule has 0 aliphatic heterocycles. The second-order valence-corrected chi connectivity index (χ2v) is 10.7. The standard InChI is InChI=1S/C20H37N2O5P/c1-6-25-28(23,26-7-2)17(15-24-20(3,4)5)14-18-21-19(22-27-18)16-12-10-8-9-11-13-16/h16-17H,6-15H2,1-5H3. The van der Waals surface area contributed by atoms with Gasteiger partial charge in [0.1, 0.15) is 0 Å². The molecule has 1 aliphatic carbocycles. The van der Waals surface area contributed by atoms with Gasteiger partial charge in [-0.25, -0.2) is 0 Å². The maximum absolute atomic E-state index is 13.4. The van der Waals surface area contributed by atoms with Crippen LogP contribution < -0.4 is 0 Å². The fourth-order valence-corrected chi connectivity index (χ4v) is 5.32. The third kappa shape index (κ3) is 7.25. The quantitative estimate of drug-likeness (QED) is 0.368. The highest BCUT2D eigenvalue weighted by molar-refractivity contribution is 7.54. The number of rotatable bonds is 10. The zero-order valence-corrected chi connectivity index (χ0v) is 19.0. The SMILES string of the molecule is CCOP(=O)(OCC)C(COC(C)(C)C)Cc1nc(C2CCCCCC2)no1.